The van der Waals surface area contributed by atoms with Crippen molar-refractivity contribution in [2.45, 2.75) is 25.5 Å². The molecule has 0 aromatic carbocycles. The quantitative estimate of drug-likeness (QED) is 0.839. The molecule has 0 radical (unpaired) electrons. The zero-order valence-electron chi connectivity index (χ0n) is 6.90. The highest BCUT2D eigenvalue weighted by Crippen LogP contribution is 2.32. The van der Waals surface area contributed by atoms with Crippen LogP contribution in [-0.4, -0.2) is 14.9 Å². The van der Waals surface area contributed by atoms with Gasteiger partial charge in [0, 0.05) is 0 Å². The Bertz CT molecular complexity index is 384. The summed E-state index contributed by atoms with van der Waals surface area (Å²) in [4.78, 5) is 11.5. The third kappa shape index (κ3) is 1.66. The van der Waals surface area contributed by atoms with E-state index in [0.29, 0.717) is 10.2 Å². The summed E-state index contributed by atoms with van der Waals surface area (Å²) >= 11 is 3.15. The van der Waals surface area contributed by atoms with Crippen LogP contribution in [0, 0.1) is 0 Å². The predicted octanol–water partition coefficient (Wildman–Crippen LogP) is 0.833. The van der Waals surface area contributed by atoms with Crippen molar-refractivity contribution in [1.82, 2.24) is 9.78 Å². The average molecular weight is 245 g/mol. The highest BCUT2D eigenvalue weighted by molar-refractivity contribution is 9.10. The SMILES string of the molecule is O=c1c(Br)cc(CO)nn1C1CC1. The first-order chi connectivity index (χ1) is 6.22. The zero-order valence-corrected chi connectivity index (χ0v) is 8.49. The number of aromatic nitrogens is 2. The van der Waals surface area contributed by atoms with Crippen LogP contribution in [0.3, 0.4) is 0 Å². The molecule has 2 rings (SSSR count). The Morgan fingerprint density at radius 3 is 2.92 bits per heavy atom. The van der Waals surface area contributed by atoms with E-state index in [4.69, 9.17) is 5.11 Å². The molecule has 1 fully saturated rings. The number of hydrogen-bond donors (Lipinski definition) is 1. The molecule has 1 N–H and O–H groups in total. The first kappa shape index (κ1) is 8.90. The molecule has 5 heteroatoms. The third-order valence-corrected chi connectivity index (χ3v) is 2.56. The Labute approximate surface area is 83.3 Å². The van der Waals surface area contributed by atoms with Gasteiger partial charge in [0.05, 0.1) is 22.8 Å². The minimum absolute atomic E-state index is 0.111. The van der Waals surface area contributed by atoms with Gasteiger partial charge in [-0.15, -0.1) is 0 Å². The predicted molar refractivity (Wildman–Crippen MR) is 50.4 cm³/mol. The summed E-state index contributed by atoms with van der Waals surface area (Å²) in [7, 11) is 0. The van der Waals surface area contributed by atoms with Gasteiger partial charge in [0.25, 0.3) is 5.56 Å². The second-order valence-electron chi connectivity index (χ2n) is 3.12. The van der Waals surface area contributed by atoms with E-state index >= 15 is 0 Å². The van der Waals surface area contributed by atoms with Crippen LogP contribution in [0.4, 0.5) is 0 Å². The Kier molecular flexibility index (Phi) is 2.21. The lowest BCUT2D eigenvalue weighted by atomic mass is 10.4. The van der Waals surface area contributed by atoms with Crippen molar-refractivity contribution in [3.63, 3.8) is 0 Å². The maximum atomic E-state index is 11.5. The fourth-order valence-electron chi connectivity index (χ4n) is 1.17. The summed E-state index contributed by atoms with van der Waals surface area (Å²) in [5.41, 5.74) is 0.415. The smallest absolute Gasteiger partial charge is 0.281 e. The summed E-state index contributed by atoms with van der Waals surface area (Å²) in [5.74, 6) is 0. The van der Waals surface area contributed by atoms with Gasteiger partial charge in [-0.05, 0) is 34.8 Å². The molecule has 0 atom stereocenters. The summed E-state index contributed by atoms with van der Waals surface area (Å²) in [6, 6.07) is 1.80. The lowest BCUT2D eigenvalue weighted by Crippen LogP contribution is -2.23. The van der Waals surface area contributed by atoms with Gasteiger partial charge in [-0.3, -0.25) is 4.79 Å². The van der Waals surface area contributed by atoms with E-state index in [1.807, 2.05) is 0 Å². The first-order valence-electron chi connectivity index (χ1n) is 4.11. The van der Waals surface area contributed by atoms with Crippen molar-refractivity contribution in [2.24, 2.45) is 0 Å². The number of aliphatic hydroxyl groups excluding tert-OH is 1. The minimum atomic E-state index is -0.133. The molecular weight excluding hydrogens is 236 g/mol. The molecule has 0 spiro atoms. The monoisotopic (exact) mass is 244 g/mol. The van der Waals surface area contributed by atoms with Crippen molar-refractivity contribution in [3.8, 4) is 0 Å². The Hall–Kier alpha value is -0.680. The van der Waals surface area contributed by atoms with Crippen LogP contribution in [0.5, 0.6) is 0 Å². The van der Waals surface area contributed by atoms with Crippen LogP contribution in [0.15, 0.2) is 15.3 Å². The normalized spacial score (nSPS) is 16.2. The van der Waals surface area contributed by atoms with Crippen LogP contribution in [-0.2, 0) is 6.61 Å². The molecule has 13 heavy (non-hydrogen) atoms. The van der Waals surface area contributed by atoms with Crippen LogP contribution in [0.25, 0.3) is 0 Å². The van der Waals surface area contributed by atoms with E-state index in [0.717, 1.165) is 12.8 Å². The van der Waals surface area contributed by atoms with Crippen molar-refractivity contribution in [3.05, 3.63) is 26.6 Å². The second-order valence-corrected chi connectivity index (χ2v) is 3.98. The lowest BCUT2D eigenvalue weighted by Gasteiger charge is -2.04. The van der Waals surface area contributed by atoms with Crippen molar-refractivity contribution < 1.29 is 5.11 Å². The third-order valence-electron chi connectivity index (χ3n) is 2.00. The number of rotatable bonds is 2. The van der Waals surface area contributed by atoms with Crippen molar-refractivity contribution in [2.75, 3.05) is 0 Å². The molecule has 1 aliphatic carbocycles. The molecule has 1 aromatic rings. The fourth-order valence-corrected chi connectivity index (χ4v) is 1.62. The zero-order chi connectivity index (χ0) is 9.42. The van der Waals surface area contributed by atoms with Gasteiger partial charge in [-0.1, -0.05) is 0 Å². The molecule has 70 valence electrons. The Morgan fingerprint density at radius 2 is 2.38 bits per heavy atom. The van der Waals surface area contributed by atoms with E-state index < -0.39 is 0 Å². The van der Waals surface area contributed by atoms with Gasteiger partial charge in [-0.2, -0.15) is 5.10 Å². The molecule has 1 saturated carbocycles. The molecule has 0 saturated heterocycles. The highest BCUT2D eigenvalue weighted by Gasteiger charge is 2.26. The van der Waals surface area contributed by atoms with E-state index in [-0.39, 0.29) is 18.2 Å². The molecule has 1 heterocycles. The summed E-state index contributed by atoms with van der Waals surface area (Å²) in [6.45, 7) is -0.133. The minimum Gasteiger partial charge on any atom is -0.390 e. The van der Waals surface area contributed by atoms with E-state index in [9.17, 15) is 4.79 Å². The van der Waals surface area contributed by atoms with Gasteiger partial charge >= 0.3 is 0 Å². The van der Waals surface area contributed by atoms with Crippen molar-refractivity contribution >= 4 is 15.9 Å². The molecule has 0 amide bonds. The fraction of sp³-hybridized carbons (Fsp3) is 0.500. The summed E-state index contributed by atoms with van der Waals surface area (Å²) in [6.07, 6.45) is 2.02. The van der Waals surface area contributed by atoms with Gasteiger partial charge in [0.15, 0.2) is 0 Å². The molecule has 4 nitrogen and oxygen atoms in total. The van der Waals surface area contributed by atoms with Crippen molar-refractivity contribution in [1.29, 1.82) is 0 Å². The molecule has 0 unspecified atom stereocenters. The standard InChI is InChI=1S/C8H9BrN2O2/c9-7-3-5(4-12)10-11(8(7)13)6-1-2-6/h3,6,12H,1-2,4H2. The number of aliphatic hydroxyl groups is 1. The number of nitrogens with zero attached hydrogens (tertiary/aromatic N) is 2. The van der Waals surface area contributed by atoms with E-state index in [2.05, 4.69) is 21.0 Å². The Balaban J connectivity index is 2.52. The van der Waals surface area contributed by atoms with Crippen LogP contribution in [0.1, 0.15) is 24.6 Å². The molecule has 1 aromatic heterocycles. The molecular formula is C8H9BrN2O2. The molecule has 1 aliphatic rings. The largest absolute Gasteiger partial charge is 0.390 e. The van der Waals surface area contributed by atoms with E-state index in [1.54, 1.807) is 6.07 Å². The second kappa shape index (κ2) is 3.23. The van der Waals surface area contributed by atoms with Gasteiger partial charge in [0.2, 0.25) is 0 Å². The van der Waals surface area contributed by atoms with Gasteiger partial charge < -0.3 is 5.11 Å². The maximum absolute atomic E-state index is 11.5. The highest BCUT2D eigenvalue weighted by atomic mass is 79.9. The summed E-state index contributed by atoms with van der Waals surface area (Å²) < 4.78 is 1.92. The molecule has 0 bridgehead atoms. The number of hydrogen-bond acceptors (Lipinski definition) is 3. The topological polar surface area (TPSA) is 55.1 Å². The van der Waals surface area contributed by atoms with Crippen LogP contribution in [0.2, 0.25) is 0 Å². The first-order valence-corrected chi connectivity index (χ1v) is 4.91. The number of halogens is 1. The molecule has 0 aliphatic heterocycles. The average Bonchev–Trinajstić information content (AvgIpc) is 2.92. The summed E-state index contributed by atoms with van der Waals surface area (Å²) in [5, 5.41) is 12.9. The Morgan fingerprint density at radius 1 is 1.69 bits per heavy atom. The van der Waals surface area contributed by atoms with Gasteiger partial charge in [-0.25, -0.2) is 4.68 Å². The van der Waals surface area contributed by atoms with Gasteiger partial charge in [0.1, 0.15) is 0 Å². The lowest BCUT2D eigenvalue weighted by molar-refractivity contribution is 0.272. The maximum Gasteiger partial charge on any atom is 0.281 e. The van der Waals surface area contributed by atoms with Crippen LogP contribution >= 0.6 is 15.9 Å². The van der Waals surface area contributed by atoms with Crippen LogP contribution < -0.4 is 5.56 Å². The van der Waals surface area contributed by atoms with E-state index in [1.165, 1.54) is 4.68 Å².